The quantitative estimate of drug-likeness (QED) is 0.866. The third kappa shape index (κ3) is 3.29. The molecule has 0 spiro atoms. The van der Waals surface area contributed by atoms with E-state index in [1.165, 1.54) is 20.3 Å². The van der Waals surface area contributed by atoms with Crippen LogP contribution in [0.25, 0.3) is 0 Å². The molecular formula is C15H18FNO5. The first-order chi connectivity index (χ1) is 10.5. The van der Waals surface area contributed by atoms with Gasteiger partial charge < -0.3 is 19.9 Å². The second kappa shape index (κ2) is 6.64. The third-order valence-electron chi connectivity index (χ3n) is 3.83. The fourth-order valence-corrected chi connectivity index (χ4v) is 2.63. The van der Waals surface area contributed by atoms with Crippen LogP contribution in [0.4, 0.5) is 4.39 Å². The minimum absolute atomic E-state index is 0.156. The number of nitrogens with one attached hydrogen (secondary N) is 1. The molecule has 0 aromatic heterocycles. The number of methoxy groups -OCH3 is 2. The molecule has 1 aliphatic carbocycles. The van der Waals surface area contributed by atoms with Crippen LogP contribution in [0.5, 0.6) is 11.5 Å². The number of carboxylic acids is 1. The molecule has 1 aromatic carbocycles. The van der Waals surface area contributed by atoms with Gasteiger partial charge in [-0.1, -0.05) is 0 Å². The lowest BCUT2D eigenvalue weighted by molar-refractivity contribution is -0.141. The molecule has 0 heterocycles. The number of carbonyl (C=O) groups is 2. The number of carbonyl (C=O) groups excluding carboxylic acids is 1. The molecule has 1 saturated carbocycles. The molecule has 22 heavy (non-hydrogen) atoms. The summed E-state index contributed by atoms with van der Waals surface area (Å²) in [6.07, 6.45) is 1.43. The molecule has 0 radical (unpaired) electrons. The smallest absolute Gasteiger partial charge is 0.306 e. The molecule has 0 bridgehead atoms. The summed E-state index contributed by atoms with van der Waals surface area (Å²) < 4.78 is 24.0. The molecule has 1 aromatic rings. The number of hydrogen-bond acceptors (Lipinski definition) is 4. The molecule has 1 fully saturated rings. The maximum Gasteiger partial charge on any atom is 0.306 e. The van der Waals surface area contributed by atoms with E-state index in [0.717, 1.165) is 6.07 Å². The van der Waals surface area contributed by atoms with Gasteiger partial charge in [-0.3, -0.25) is 9.59 Å². The summed E-state index contributed by atoms with van der Waals surface area (Å²) in [5.41, 5.74) is -0.156. The molecule has 1 aliphatic rings. The number of rotatable bonds is 5. The SMILES string of the molecule is COc1cc(F)c(C(=O)N[C@@H]2CC[C@H](C(=O)O)C2)cc1OC. The average Bonchev–Trinajstić information content (AvgIpc) is 2.95. The summed E-state index contributed by atoms with van der Waals surface area (Å²) in [5, 5.41) is 11.6. The third-order valence-corrected chi connectivity index (χ3v) is 3.83. The van der Waals surface area contributed by atoms with Crippen LogP contribution in [0.2, 0.25) is 0 Å². The van der Waals surface area contributed by atoms with Gasteiger partial charge in [-0.2, -0.15) is 0 Å². The highest BCUT2D eigenvalue weighted by Crippen LogP contribution is 2.30. The molecule has 1 amide bonds. The monoisotopic (exact) mass is 311 g/mol. The van der Waals surface area contributed by atoms with Gasteiger partial charge in [0.1, 0.15) is 5.82 Å². The molecule has 0 aliphatic heterocycles. The van der Waals surface area contributed by atoms with Gasteiger partial charge in [-0.05, 0) is 25.3 Å². The number of benzene rings is 1. The minimum atomic E-state index is -0.867. The van der Waals surface area contributed by atoms with E-state index >= 15 is 0 Å². The van der Waals surface area contributed by atoms with E-state index < -0.39 is 23.6 Å². The molecule has 0 unspecified atom stereocenters. The molecule has 120 valence electrons. The maximum absolute atomic E-state index is 14.0. The standard InChI is InChI=1S/C15H18FNO5/c1-21-12-6-10(11(16)7-13(12)22-2)14(18)17-9-4-3-8(5-9)15(19)20/h6-9H,3-5H2,1-2H3,(H,17,18)(H,19,20)/t8-,9+/m0/s1. The Morgan fingerprint density at radius 3 is 2.41 bits per heavy atom. The molecule has 7 heteroatoms. The van der Waals surface area contributed by atoms with E-state index in [2.05, 4.69) is 5.32 Å². The van der Waals surface area contributed by atoms with Gasteiger partial charge in [0.15, 0.2) is 11.5 Å². The lowest BCUT2D eigenvalue weighted by Crippen LogP contribution is -2.33. The van der Waals surface area contributed by atoms with Gasteiger partial charge in [-0.25, -0.2) is 4.39 Å². The Balaban J connectivity index is 2.11. The van der Waals surface area contributed by atoms with Crippen molar-refractivity contribution in [3.8, 4) is 11.5 Å². The molecule has 6 nitrogen and oxygen atoms in total. The van der Waals surface area contributed by atoms with Gasteiger partial charge in [-0.15, -0.1) is 0 Å². The summed E-state index contributed by atoms with van der Waals surface area (Å²) in [6, 6.07) is 2.09. The zero-order valence-electron chi connectivity index (χ0n) is 12.4. The Bertz CT molecular complexity index is 590. The highest BCUT2D eigenvalue weighted by atomic mass is 19.1. The first kappa shape index (κ1) is 16.1. The summed E-state index contributed by atoms with van der Waals surface area (Å²) in [4.78, 5) is 23.1. The fraction of sp³-hybridized carbons (Fsp3) is 0.467. The largest absolute Gasteiger partial charge is 0.493 e. The Kier molecular flexibility index (Phi) is 4.85. The number of carboxylic acid groups (broad SMARTS) is 1. The zero-order chi connectivity index (χ0) is 16.3. The van der Waals surface area contributed by atoms with Crippen LogP contribution in [-0.2, 0) is 4.79 Å². The van der Waals surface area contributed by atoms with E-state index in [0.29, 0.717) is 19.3 Å². The number of aliphatic carboxylic acids is 1. The maximum atomic E-state index is 14.0. The van der Waals surface area contributed by atoms with Crippen LogP contribution < -0.4 is 14.8 Å². The zero-order valence-corrected chi connectivity index (χ0v) is 12.4. The number of ether oxygens (including phenoxy) is 2. The van der Waals surface area contributed by atoms with Gasteiger partial charge in [0, 0.05) is 12.1 Å². The summed E-state index contributed by atoms with van der Waals surface area (Å²) in [5.74, 6) is -2.18. The normalized spacial score (nSPS) is 20.5. The average molecular weight is 311 g/mol. The molecule has 2 N–H and O–H groups in total. The highest BCUT2D eigenvalue weighted by Gasteiger charge is 2.31. The van der Waals surface area contributed by atoms with Crippen molar-refractivity contribution in [2.24, 2.45) is 5.92 Å². The van der Waals surface area contributed by atoms with E-state index in [1.807, 2.05) is 0 Å². The highest BCUT2D eigenvalue weighted by molar-refractivity contribution is 5.95. The van der Waals surface area contributed by atoms with Crippen LogP contribution in [0.3, 0.4) is 0 Å². The number of halogens is 1. The second-order valence-electron chi connectivity index (χ2n) is 5.21. The topological polar surface area (TPSA) is 84.9 Å². The van der Waals surface area contributed by atoms with E-state index in [1.54, 1.807) is 0 Å². The Morgan fingerprint density at radius 2 is 1.86 bits per heavy atom. The summed E-state index contributed by atoms with van der Waals surface area (Å²) in [7, 11) is 2.77. The van der Waals surface area contributed by atoms with Crippen LogP contribution >= 0.6 is 0 Å². The van der Waals surface area contributed by atoms with Crippen molar-refractivity contribution in [2.75, 3.05) is 14.2 Å². The van der Waals surface area contributed by atoms with Crippen molar-refractivity contribution in [1.82, 2.24) is 5.32 Å². The van der Waals surface area contributed by atoms with E-state index in [9.17, 15) is 14.0 Å². The number of hydrogen-bond donors (Lipinski definition) is 2. The van der Waals surface area contributed by atoms with Crippen molar-refractivity contribution < 1.29 is 28.6 Å². The van der Waals surface area contributed by atoms with Crippen LogP contribution in [0.1, 0.15) is 29.6 Å². The van der Waals surface area contributed by atoms with Crippen molar-refractivity contribution in [2.45, 2.75) is 25.3 Å². The van der Waals surface area contributed by atoms with E-state index in [-0.39, 0.29) is 23.1 Å². The Morgan fingerprint density at radius 1 is 1.23 bits per heavy atom. The lowest BCUT2D eigenvalue weighted by atomic mass is 10.1. The van der Waals surface area contributed by atoms with Crippen molar-refractivity contribution in [1.29, 1.82) is 0 Å². The molecule has 0 saturated heterocycles. The second-order valence-corrected chi connectivity index (χ2v) is 5.21. The molecule has 2 atom stereocenters. The van der Waals surface area contributed by atoms with Gasteiger partial charge in [0.05, 0.1) is 25.7 Å². The van der Waals surface area contributed by atoms with Crippen molar-refractivity contribution in [3.63, 3.8) is 0 Å². The van der Waals surface area contributed by atoms with Crippen LogP contribution in [0, 0.1) is 11.7 Å². The first-order valence-corrected chi connectivity index (χ1v) is 6.91. The predicted molar refractivity (Wildman–Crippen MR) is 75.7 cm³/mol. The van der Waals surface area contributed by atoms with Gasteiger partial charge >= 0.3 is 5.97 Å². The number of amides is 1. The van der Waals surface area contributed by atoms with Gasteiger partial charge in [0.2, 0.25) is 0 Å². The van der Waals surface area contributed by atoms with Gasteiger partial charge in [0.25, 0.3) is 5.91 Å². The summed E-state index contributed by atoms with van der Waals surface area (Å²) >= 11 is 0. The van der Waals surface area contributed by atoms with Crippen LogP contribution in [-0.4, -0.2) is 37.2 Å². The Labute approximate surface area is 127 Å². The Hall–Kier alpha value is -2.31. The van der Waals surface area contributed by atoms with Crippen molar-refractivity contribution >= 4 is 11.9 Å². The van der Waals surface area contributed by atoms with E-state index in [4.69, 9.17) is 14.6 Å². The minimum Gasteiger partial charge on any atom is -0.493 e. The summed E-state index contributed by atoms with van der Waals surface area (Å²) in [6.45, 7) is 0. The molecule has 2 rings (SSSR count). The van der Waals surface area contributed by atoms with Crippen LogP contribution in [0.15, 0.2) is 12.1 Å². The van der Waals surface area contributed by atoms with Crippen molar-refractivity contribution in [3.05, 3.63) is 23.5 Å². The first-order valence-electron chi connectivity index (χ1n) is 6.91. The lowest BCUT2D eigenvalue weighted by Gasteiger charge is -2.14. The fourth-order valence-electron chi connectivity index (χ4n) is 2.63. The predicted octanol–water partition coefficient (Wildman–Crippen LogP) is 1.83. The molecular weight excluding hydrogens is 293 g/mol.